The number of carbonyl (C=O) groups is 1. The summed E-state index contributed by atoms with van der Waals surface area (Å²) in [6.07, 6.45) is 0. The van der Waals surface area contributed by atoms with Crippen molar-refractivity contribution in [2.24, 2.45) is 0 Å². The minimum absolute atomic E-state index is 0.00581. The Balaban J connectivity index is 2.44. The van der Waals surface area contributed by atoms with E-state index in [-0.39, 0.29) is 5.84 Å². The van der Waals surface area contributed by atoms with Crippen molar-refractivity contribution in [2.45, 2.75) is 6.04 Å². The lowest BCUT2D eigenvalue weighted by atomic mass is 10.1. The van der Waals surface area contributed by atoms with Gasteiger partial charge in [-0.25, -0.2) is 9.18 Å². The van der Waals surface area contributed by atoms with Crippen LogP contribution in [0.25, 0.3) is 0 Å². The van der Waals surface area contributed by atoms with Gasteiger partial charge in [-0.05, 0) is 12.1 Å². The molecule has 1 aromatic carbocycles. The molecule has 4 nitrogen and oxygen atoms in total. The van der Waals surface area contributed by atoms with Crippen LogP contribution in [-0.2, 0) is 0 Å². The van der Waals surface area contributed by atoms with Gasteiger partial charge in [0, 0.05) is 17.1 Å². The Labute approximate surface area is 100 Å². The summed E-state index contributed by atoms with van der Waals surface area (Å²) in [7, 11) is 1.53. The van der Waals surface area contributed by atoms with E-state index in [1.54, 1.807) is 12.1 Å². The van der Waals surface area contributed by atoms with Crippen LogP contribution in [0.3, 0.4) is 0 Å². The number of halogens is 2. The van der Waals surface area contributed by atoms with E-state index in [4.69, 9.17) is 5.41 Å². The van der Waals surface area contributed by atoms with Gasteiger partial charge in [0.2, 0.25) is 0 Å². The van der Waals surface area contributed by atoms with E-state index in [0.29, 0.717) is 10.0 Å². The summed E-state index contributed by atoms with van der Waals surface area (Å²) in [5.41, 5.74) is 0.314. The molecule has 1 aliphatic rings. The highest BCUT2D eigenvalue weighted by Gasteiger charge is 2.35. The van der Waals surface area contributed by atoms with Crippen LogP contribution in [-0.4, -0.2) is 23.8 Å². The SMILES string of the molecule is CN1C(=O)NC(=N)C1c1ccc(Br)cc1F. The van der Waals surface area contributed by atoms with E-state index in [1.807, 2.05) is 0 Å². The van der Waals surface area contributed by atoms with Crippen molar-refractivity contribution in [3.8, 4) is 0 Å². The second-order valence-corrected chi connectivity index (χ2v) is 4.44. The molecule has 1 fully saturated rings. The van der Waals surface area contributed by atoms with Crippen molar-refractivity contribution in [1.29, 1.82) is 5.41 Å². The quantitative estimate of drug-likeness (QED) is 0.817. The fraction of sp³-hybridized carbons (Fsp3) is 0.200. The van der Waals surface area contributed by atoms with Crippen LogP contribution in [0.15, 0.2) is 22.7 Å². The molecule has 84 valence electrons. The summed E-state index contributed by atoms with van der Waals surface area (Å²) < 4.78 is 14.3. The summed E-state index contributed by atoms with van der Waals surface area (Å²) in [5, 5.41) is 9.95. The Bertz CT molecular complexity index is 477. The highest BCUT2D eigenvalue weighted by atomic mass is 79.9. The molecular weight excluding hydrogens is 277 g/mol. The molecule has 0 saturated carbocycles. The highest BCUT2D eigenvalue weighted by Crippen LogP contribution is 2.28. The summed E-state index contributed by atoms with van der Waals surface area (Å²) >= 11 is 3.16. The highest BCUT2D eigenvalue weighted by molar-refractivity contribution is 9.10. The van der Waals surface area contributed by atoms with Crippen LogP contribution in [0.4, 0.5) is 9.18 Å². The molecule has 1 atom stereocenters. The molecule has 1 aliphatic heterocycles. The Morgan fingerprint density at radius 2 is 2.25 bits per heavy atom. The first-order chi connectivity index (χ1) is 7.50. The number of amides is 2. The number of nitrogens with zero attached hydrogens (tertiary/aromatic N) is 1. The third-order valence-electron chi connectivity index (χ3n) is 2.48. The lowest BCUT2D eigenvalue weighted by molar-refractivity contribution is 0.217. The van der Waals surface area contributed by atoms with Crippen LogP contribution in [0.1, 0.15) is 11.6 Å². The molecule has 16 heavy (non-hydrogen) atoms. The second-order valence-electron chi connectivity index (χ2n) is 3.52. The number of amidine groups is 1. The summed E-state index contributed by atoms with van der Waals surface area (Å²) in [6, 6.07) is 3.51. The van der Waals surface area contributed by atoms with E-state index in [1.165, 1.54) is 18.0 Å². The predicted octanol–water partition coefficient (Wildman–Crippen LogP) is 2.26. The molecule has 6 heteroatoms. The number of hydrogen-bond acceptors (Lipinski definition) is 2. The molecule has 2 amide bonds. The van der Waals surface area contributed by atoms with Crippen molar-refractivity contribution in [2.75, 3.05) is 7.05 Å². The normalized spacial score (nSPS) is 20.2. The minimum atomic E-state index is -0.666. The maximum absolute atomic E-state index is 13.7. The average Bonchev–Trinajstić information content (AvgIpc) is 2.43. The standard InChI is InChI=1S/C10H9BrFN3O/c1-15-8(9(13)14-10(15)16)6-3-2-5(11)4-7(6)12/h2-4,8H,1H3,(H2,13,14,16). The number of nitrogens with one attached hydrogen (secondary N) is 2. The summed E-state index contributed by atoms with van der Waals surface area (Å²) in [6.45, 7) is 0. The van der Waals surface area contributed by atoms with Gasteiger partial charge in [-0.15, -0.1) is 0 Å². The van der Waals surface area contributed by atoms with E-state index >= 15 is 0 Å². The molecular formula is C10H9BrFN3O. The molecule has 1 heterocycles. The summed E-state index contributed by atoms with van der Waals surface area (Å²) in [5.74, 6) is -0.443. The molecule has 1 saturated heterocycles. The Kier molecular flexibility index (Phi) is 2.67. The molecule has 2 N–H and O–H groups in total. The van der Waals surface area contributed by atoms with Crippen molar-refractivity contribution in [3.63, 3.8) is 0 Å². The van der Waals surface area contributed by atoms with Gasteiger partial charge in [0.25, 0.3) is 0 Å². The Morgan fingerprint density at radius 1 is 1.56 bits per heavy atom. The van der Waals surface area contributed by atoms with E-state index in [2.05, 4.69) is 21.2 Å². The number of urea groups is 1. The van der Waals surface area contributed by atoms with Crippen LogP contribution in [0.5, 0.6) is 0 Å². The van der Waals surface area contributed by atoms with E-state index < -0.39 is 17.9 Å². The third kappa shape index (κ3) is 1.69. The average molecular weight is 286 g/mol. The van der Waals surface area contributed by atoms with Gasteiger partial charge >= 0.3 is 6.03 Å². The van der Waals surface area contributed by atoms with Gasteiger partial charge in [-0.3, -0.25) is 10.7 Å². The van der Waals surface area contributed by atoms with Gasteiger partial charge < -0.3 is 4.90 Å². The lowest BCUT2D eigenvalue weighted by Gasteiger charge is -2.18. The first kappa shape index (κ1) is 11.1. The molecule has 0 aromatic heterocycles. The molecule has 0 aliphatic carbocycles. The third-order valence-corrected chi connectivity index (χ3v) is 2.97. The number of hydrogen-bond donors (Lipinski definition) is 2. The smallest absolute Gasteiger partial charge is 0.313 e. The minimum Gasteiger partial charge on any atom is -0.313 e. The zero-order chi connectivity index (χ0) is 11.9. The zero-order valence-electron chi connectivity index (χ0n) is 8.42. The van der Waals surface area contributed by atoms with Gasteiger partial charge in [-0.2, -0.15) is 0 Å². The molecule has 0 radical (unpaired) electrons. The number of rotatable bonds is 1. The van der Waals surface area contributed by atoms with Crippen molar-refractivity contribution in [3.05, 3.63) is 34.1 Å². The van der Waals surface area contributed by atoms with Gasteiger partial charge in [-0.1, -0.05) is 22.0 Å². The van der Waals surface area contributed by atoms with Gasteiger partial charge in [0.05, 0.1) is 0 Å². The van der Waals surface area contributed by atoms with Gasteiger partial charge in [0.15, 0.2) is 0 Å². The number of benzene rings is 1. The van der Waals surface area contributed by atoms with Crippen LogP contribution >= 0.6 is 15.9 Å². The van der Waals surface area contributed by atoms with Crippen LogP contribution in [0.2, 0.25) is 0 Å². The molecule has 1 aromatic rings. The van der Waals surface area contributed by atoms with Crippen LogP contribution < -0.4 is 5.32 Å². The van der Waals surface area contributed by atoms with E-state index in [0.717, 1.165) is 0 Å². The molecule has 0 bridgehead atoms. The monoisotopic (exact) mass is 285 g/mol. The number of likely N-dealkylation sites (N-methyl/N-ethyl adjacent to an activating group) is 1. The first-order valence-electron chi connectivity index (χ1n) is 4.58. The second kappa shape index (κ2) is 3.86. The predicted molar refractivity (Wildman–Crippen MR) is 60.9 cm³/mol. The van der Waals surface area contributed by atoms with Crippen LogP contribution in [0, 0.1) is 11.2 Å². The maximum Gasteiger partial charge on any atom is 0.323 e. The fourth-order valence-electron chi connectivity index (χ4n) is 1.67. The Hall–Kier alpha value is -1.43. The van der Waals surface area contributed by atoms with Crippen molar-refractivity contribution < 1.29 is 9.18 Å². The lowest BCUT2D eigenvalue weighted by Crippen LogP contribution is -2.25. The number of carbonyl (C=O) groups excluding carboxylic acids is 1. The molecule has 2 rings (SSSR count). The van der Waals surface area contributed by atoms with Crippen molar-refractivity contribution in [1.82, 2.24) is 10.2 Å². The topological polar surface area (TPSA) is 56.2 Å². The largest absolute Gasteiger partial charge is 0.323 e. The fourth-order valence-corrected chi connectivity index (χ4v) is 2.00. The summed E-state index contributed by atoms with van der Waals surface area (Å²) in [4.78, 5) is 12.6. The maximum atomic E-state index is 13.7. The van der Waals surface area contributed by atoms with Crippen molar-refractivity contribution >= 4 is 27.8 Å². The van der Waals surface area contributed by atoms with Gasteiger partial charge in [0.1, 0.15) is 17.7 Å². The first-order valence-corrected chi connectivity index (χ1v) is 5.37. The zero-order valence-corrected chi connectivity index (χ0v) is 10.0. The molecule has 1 unspecified atom stereocenters. The Morgan fingerprint density at radius 3 is 2.75 bits per heavy atom. The van der Waals surface area contributed by atoms with E-state index in [9.17, 15) is 9.18 Å². The molecule has 0 spiro atoms.